The fourth-order valence-corrected chi connectivity index (χ4v) is 3.13. The number of carbonyl (C=O) groups excluding carboxylic acids is 1. The maximum Gasteiger partial charge on any atom is 0.232 e. The van der Waals surface area contributed by atoms with Gasteiger partial charge in [-0.3, -0.25) is 4.79 Å². The van der Waals surface area contributed by atoms with E-state index >= 15 is 0 Å². The van der Waals surface area contributed by atoms with Crippen molar-refractivity contribution >= 4 is 17.5 Å². The quantitative estimate of drug-likeness (QED) is 0.870. The van der Waals surface area contributed by atoms with Crippen molar-refractivity contribution in [3.05, 3.63) is 46.6 Å². The molecule has 1 saturated heterocycles. The molecule has 1 atom stereocenters. The Hall–Kier alpha value is -1.88. The topological polar surface area (TPSA) is 59.2 Å². The number of hydrogen-bond donors (Lipinski definition) is 0. The fraction of sp³-hybridized carbons (Fsp3) is 0.438. The molecule has 116 valence electrons. The zero-order chi connectivity index (χ0) is 15.5. The summed E-state index contributed by atoms with van der Waals surface area (Å²) in [5.41, 5.74) is 1.09. The summed E-state index contributed by atoms with van der Waals surface area (Å²) in [5, 5.41) is 8.37. The van der Waals surface area contributed by atoms with Gasteiger partial charge in [-0.05, 0) is 37.0 Å². The summed E-state index contributed by atoms with van der Waals surface area (Å²) in [5.74, 6) is 0.874. The average Bonchev–Trinajstić information content (AvgIpc) is 2.92. The Bertz CT molecular complexity index is 671. The van der Waals surface area contributed by atoms with Crippen molar-refractivity contribution < 1.29 is 9.21 Å². The highest BCUT2D eigenvalue weighted by Gasteiger charge is 2.28. The number of likely N-dealkylation sites (tertiary alicyclic amines) is 1. The summed E-state index contributed by atoms with van der Waals surface area (Å²) in [4.78, 5) is 14.5. The standard InChI is InChI=1S/C16H18ClN3O2/c1-11-18-19-15(22-11)10-16(21)20-8-3-2-7-14(20)12-5-4-6-13(17)9-12/h4-6,9,14H,2-3,7-8,10H2,1H3/t14-/m0/s1. The van der Waals surface area contributed by atoms with Gasteiger partial charge in [0.1, 0.15) is 6.42 Å². The smallest absolute Gasteiger partial charge is 0.232 e. The molecule has 1 aliphatic heterocycles. The van der Waals surface area contributed by atoms with E-state index in [1.54, 1.807) is 6.92 Å². The van der Waals surface area contributed by atoms with E-state index in [1.165, 1.54) is 0 Å². The maximum atomic E-state index is 12.6. The van der Waals surface area contributed by atoms with Crippen LogP contribution in [0.2, 0.25) is 5.02 Å². The number of carbonyl (C=O) groups is 1. The predicted molar refractivity (Wildman–Crippen MR) is 82.5 cm³/mol. The maximum absolute atomic E-state index is 12.6. The first-order chi connectivity index (χ1) is 10.6. The number of halogens is 1. The molecule has 5 nitrogen and oxygen atoms in total. The first-order valence-corrected chi connectivity index (χ1v) is 7.85. The van der Waals surface area contributed by atoms with Crippen molar-refractivity contribution in [2.75, 3.05) is 6.54 Å². The molecular formula is C16H18ClN3O2. The van der Waals surface area contributed by atoms with Crippen molar-refractivity contribution in [3.8, 4) is 0 Å². The molecular weight excluding hydrogens is 302 g/mol. The molecule has 2 heterocycles. The Morgan fingerprint density at radius 1 is 1.41 bits per heavy atom. The first kappa shape index (κ1) is 15.0. The summed E-state index contributed by atoms with van der Waals surface area (Å²) in [6, 6.07) is 7.81. The minimum atomic E-state index is 0.0216. The van der Waals surface area contributed by atoms with E-state index in [2.05, 4.69) is 10.2 Å². The van der Waals surface area contributed by atoms with E-state index < -0.39 is 0 Å². The highest BCUT2D eigenvalue weighted by molar-refractivity contribution is 6.30. The second-order valence-electron chi connectivity index (χ2n) is 5.55. The normalized spacial score (nSPS) is 18.5. The third-order valence-electron chi connectivity index (χ3n) is 3.93. The molecule has 1 aromatic carbocycles. The molecule has 0 saturated carbocycles. The third kappa shape index (κ3) is 3.30. The van der Waals surface area contributed by atoms with Crippen LogP contribution in [0, 0.1) is 6.92 Å². The molecule has 0 aliphatic carbocycles. The molecule has 1 aromatic heterocycles. The Labute approximate surface area is 134 Å². The third-order valence-corrected chi connectivity index (χ3v) is 4.16. The van der Waals surface area contributed by atoms with Crippen LogP contribution in [-0.4, -0.2) is 27.5 Å². The highest BCUT2D eigenvalue weighted by atomic mass is 35.5. The van der Waals surface area contributed by atoms with Gasteiger partial charge in [0.25, 0.3) is 0 Å². The lowest BCUT2D eigenvalue weighted by molar-refractivity contribution is -0.134. The van der Waals surface area contributed by atoms with E-state index in [-0.39, 0.29) is 18.4 Å². The van der Waals surface area contributed by atoms with E-state index in [0.29, 0.717) is 16.8 Å². The van der Waals surface area contributed by atoms with Crippen LogP contribution in [-0.2, 0) is 11.2 Å². The molecule has 22 heavy (non-hydrogen) atoms. The lowest BCUT2D eigenvalue weighted by Gasteiger charge is -2.36. The van der Waals surface area contributed by atoms with Crippen molar-refractivity contribution in [1.29, 1.82) is 0 Å². The highest BCUT2D eigenvalue weighted by Crippen LogP contribution is 2.32. The van der Waals surface area contributed by atoms with Crippen LogP contribution in [0.5, 0.6) is 0 Å². The minimum absolute atomic E-state index is 0.0216. The van der Waals surface area contributed by atoms with Crippen LogP contribution in [0.15, 0.2) is 28.7 Å². The van der Waals surface area contributed by atoms with Crippen molar-refractivity contribution in [3.63, 3.8) is 0 Å². The number of benzene rings is 1. The van der Waals surface area contributed by atoms with E-state index in [9.17, 15) is 4.79 Å². The van der Waals surface area contributed by atoms with Gasteiger partial charge < -0.3 is 9.32 Å². The van der Waals surface area contributed by atoms with Crippen LogP contribution in [0.4, 0.5) is 0 Å². The SMILES string of the molecule is Cc1nnc(CC(=O)N2CCCC[C@H]2c2cccc(Cl)c2)o1. The zero-order valence-corrected chi connectivity index (χ0v) is 13.2. The molecule has 0 spiro atoms. The number of aryl methyl sites for hydroxylation is 1. The molecule has 2 aromatic rings. The number of aromatic nitrogens is 2. The first-order valence-electron chi connectivity index (χ1n) is 7.47. The Morgan fingerprint density at radius 2 is 2.27 bits per heavy atom. The summed E-state index contributed by atoms with van der Waals surface area (Å²) < 4.78 is 5.31. The molecule has 6 heteroatoms. The molecule has 3 rings (SSSR count). The van der Waals surface area contributed by atoms with Gasteiger partial charge in [0, 0.05) is 18.5 Å². The Morgan fingerprint density at radius 3 is 3.00 bits per heavy atom. The van der Waals surface area contributed by atoms with Crippen molar-refractivity contribution in [2.24, 2.45) is 0 Å². The molecule has 0 bridgehead atoms. The van der Waals surface area contributed by atoms with E-state index in [4.69, 9.17) is 16.0 Å². The summed E-state index contributed by atoms with van der Waals surface area (Å²) in [7, 11) is 0. The number of piperidine rings is 1. The van der Waals surface area contributed by atoms with Gasteiger partial charge in [-0.2, -0.15) is 0 Å². The van der Waals surface area contributed by atoms with Crippen LogP contribution in [0.1, 0.15) is 42.6 Å². The van der Waals surface area contributed by atoms with Crippen LogP contribution >= 0.6 is 11.6 Å². The molecule has 1 amide bonds. The second kappa shape index (κ2) is 6.48. The van der Waals surface area contributed by atoms with Gasteiger partial charge in [-0.15, -0.1) is 10.2 Å². The molecule has 0 radical (unpaired) electrons. The van der Waals surface area contributed by atoms with Gasteiger partial charge in [-0.1, -0.05) is 23.7 Å². The monoisotopic (exact) mass is 319 g/mol. The summed E-state index contributed by atoms with van der Waals surface area (Å²) in [6.45, 7) is 2.47. The molecule has 1 aliphatic rings. The zero-order valence-electron chi connectivity index (χ0n) is 12.5. The van der Waals surface area contributed by atoms with Gasteiger partial charge >= 0.3 is 0 Å². The molecule has 0 N–H and O–H groups in total. The van der Waals surface area contributed by atoms with Crippen LogP contribution in [0.3, 0.4) is 0 Å². The van der Waals surface area contributed by atoms with Gasteiger partial charge in [-0.25, -0.2) is 0 Å². The molecule has 0 unspecified atom stereocenters. The average molecular weight is 320 g/mol. The predicted octanol–water partition coefficient (Wildman–Crippen LogP) is 3.33. The van der Waals surface area contributed by atoms with Crippen molar-refractivity contribution in [1.82, 2.24) is 15.1 Å². The van der Waals surface area contributed by atoms with E-state index in [0.717, 1.165) is 31.4 Å². The van der Waals surface area contributed by atoms with E-state index in [1.807, 2.05) is 29.2 Å². The largest absolute Gasteiger partial charge is 0.425 e. The van der Waals surface area contributed by atoms with Crippen LogP contribution < -0.4 is 0 Å². The van der Waals surface area contributed by atoms with Gasteiger partial charge in [0.2, 0.25) is 17.7 Å². The minimum Gasteiger partial charge on any atom is -0.425 e. The number of rotatable bonds is 3. The van der Waals surface area contributed by atoms with Gasteiger partial charge in [0.15, 0.2) is 0 Å². The number of hydrogen-bond acceptors (Lipinski definition) is 4. The number of nitrogens with zero attached hydrogens (tertiary/aromatic N) is 3. The van der Waals surface area contributed by atoms with Gasteiger partial charge in [0.05, 0.1) is 6.04 Å². The summed E-state index contributed by atoms with van der Waals surface area (Å²) in [6.07, 6.45) is 3.24. The molecule has 1 fully saturated rings. The second-order valence-corrected chi connectivity index (χ2v) is 5.98. The summed E-state index contributed by atoms with van der Waals surface area (Å²) >= 11 is 6.09. The fourth-order valence-electron chi connectivity index (χ4n) is 2.93. The lowest BCUT2D eigenvalue weighted by atomic mass is 9.95. The van der Waals surface area contributed by atoms with Crippen LogP contribution in [0.25, 0.3) is 0 Å². The Balaban J connectivity index is 1.78. The Kier molecular flexibility index (Phi) is 4.43. The lowest BCUT2D eigenvalue weighted by Crippen LogP contribution is -2.39. The van der Waals surface area contributed by atoms with Crippen molar-refractivity contribution in [2.45, 2.75) is 38.6 Å². The number of amides is 1.